The zero-order valence-corrected chi connectivity index (χ0v) is 9.91. The molecule has 1 heterocycles. The fraction of sp³-hybridized carbons (Fsp3) is 0.500. The first kappa shape index (κ1) is 13.6. The molecule has 0 saturated heterocycles. The second kappa shape index (κ2) is 6.98. The molecule has 5 heteroatoms. The molecule has 0 aromatic carbocycles. The number of hydrogen-bond donors (Lipinski definition) is 2. The Kier molecular flexibility index (Phi) is 5.59. The van der Waals surface area contributed by atoms with Gasteiger partial charge >= 0.3 is 5.97 Å². The molecule has 0 bridgehead atoms. The lowest BCUT2D eigenvalue weighted by Gasteiger charge is -2.19. The van der Waals surface area contributed by atoms with Gasteiger partial charge in [0.1, 0.15) is 0 Å². The molecule has 5 nitrogen and oxygen atoms in total. The van der Waals surface area contributed by atoms with Crippen LogP contribution in [0.2, 0.25) is 0 Å². The highest BCUT2D eigenvalue weighted by Crippen LogP contribution is 2.03. The van der Waals surface area contributed by atoms with Crippen LogP contribution >= 0.6 is 0 Å². The summed E-state index contributed by atoms with van der Waals surface area (Å²) in [5.74, 6) is -0.878. The third kappa shape index (κ3) is 5.99. The molecule has 1 rings (SSSR count). The first-order valence-corrected chi connectivity index (χ1v) is 5.56. The summed E-state index contributed by atoms with van der Waals surface area (Å²) in [5.41, 5.74) is 0.931. The Labute approximate surface area is 101 Å². The van der Waals surface area contributed by atoms with Crippen molar-refractivity contribution in [2.24, 2.45) is 0 Å². The van der Waals surface area contributed by atoms with Crippen LogP contribution in [0, 0.1) is 0 Å². The minimum Gasteiger partial charge on any atom is -0.481 e. The number of carbonyl (C=O) groups is 1. The van der Waals surface area contributed by atoms with Gasteiger partial charge in [-0.25, -0.2) is 0 Å². The van der Waals surface area contributed by atoms with Gasteiger partial charge in [0.25, 0.3) is 0 Å². The maximum absolute atomic E-state index is 10.3. The molecule has 2 N–H and O–H groups in total. The zero-order valence-electron chi connectivity index (χ0n) is 9.91. The Balaban J connectivity index is 2.29. The van der Waals surface area contributed by atoms with Crippen molar-refractivity contribution in [1.82, 2.24) is 9.88 Å². The van der Waals surface area contributed by atoms with Gasteiger partial charge in [-0.15, -0.1) is 0 Å². The smallest absolute Gasteiger partial charge is 0.303 e. The van der Waals surface area contributed by atoms with Gasteiger partial charge in [0, 0.05) is 25.7 Å². The van der Waals surface area contributed by atoms with E-state index < -0.39 is 12.1 Å². The number of rotatable bonds is 7. The molecule has 17 heavy (non-hydrogen) atoms. The lowest BCUT2D eigenvalue weighted by Crippen LogP contribution is -2.29. The molecule has 0 aliphatic heterocycles. The van der Waals surface area contributed by atoms with Crippen LogP contribution in [-0.2, 0) is 11.3 Å². The van der Waals surface area contributed by atoms with Gasteiger partial charge in [-0.05, 0) is 25.6 Å². The lowest BCUT2D eigenvalue weighted by atomic mass is 10.2. The van der Waals surface area contributed by atoms with Gasteiger partial charge < -0.3 is 10.2 Å². The summed E-state index contributed by atoms with van der Waals surface area (Å²) in [6, 6.07) is 5.68. The number of aromatic nitrogens is 1. The number of aliphatic carboxylic acids is 1. The number of nitrogens with zero attached hydrogens (tertiary/aromatic N) is 2. The van der Waals surface area contributed by atoms with Crippen molar-refractivity contribution in [2.45, 2.75) is 25.5 Å². The summed E-state index contributed by atoms with van der Waals surface area (Å²) in [6.45, 7) is 1.09. The number of hydrogen-bond acceptors (Lipinski definition) is 4. The van der Waals surface area contributed by atoms with Crippen molar-refractivity contribution in [3.63, 3.8) is 0 Å². The molecule has 1 aromatic heterocycles. The largest absolute Gasteiger partial charge is 0.481 e. The second-order valence-corrected chi connectivity index (χ2v) is 4.10. The molecular formula is C12H18N2O3. The predicted molar refractivity (Wildman–Crippen MR) is 63.4 cm³/mol. The van der Waals surface area contributed by atoms with Crippen LogP contribution in [0.5, 0.6) is 0 Å². The van der Waals surface area contributed by atoms with E-state index >= 15 is 0 Å². The van der Waals surface area contributed by atoms with Gasteiger partial charge in [-0.1, -0.05) is 6.07 Å². The predicted octanol–water partition coefficient (Wildman–Crippen LogP) is 0.739. The van der Waals surface area contributed by atoms with Gasteiger partial charge in [-0.2, -0.15) is 0 Å². The summed E-state index contributed by atoms with van der Waals surface area (Å²) >= 11 is 0. The van der Waals surface area contributed by atoms with E-state index in [2.05, 4.69) is 4.98 Å². The van der Waals surface area contributed by atoms with Crippen LogP contribution < -0.4 is 0 Å². The second-order valence-electron chi connectivity index (χ2n) is 4.10. The van der Waals surface area contributed by atoms with E-state index in [0.717, 1.165) is 5.69 Å². The Morgan fingerprint density at radius 1 is 1.53 bits per heavy atom. The maximum atomic E-state index is 10.3. The Bertz CT molecular complexity index is 343. The quantitative estimate of drug-likeness (QED) is 0.733. The van der Waals surface area contributed by atoms with Gasteiger partial charge in [0.15, 0.2) is 0 Å². The van der Waals surface area contributed by atoms with Crippen LogP contribution in [0.3, 0.4) is 0 Å². The molecule has 0 fully saturated rings. The molecule has 0 spiro atoms. The van der Waals surface area contributed by atoms with Gasteiger partial charge in [0.2, 0.25) is 0 Å². The van der Waals surface area contributed by atoms with E-state index in [0.29, 0.717) is 13.1 Å². The molecule has 0 amide bonds. The molecule has 1 unspecified atom stereocenters. The topological polar surface area (TPSA) is 73.7 Å². The van der Waals surface area contributed by atoms with Gasteiger partial charge in [-0.3, -0.25) is 14.7 Å². The molecule has 94 valence electrons. The maximum Gasteiger partial charge on any atom is 0.303 e. The molecule has 1 atom stereocenters. The minimum absolute atomic E-state index is 0.00140. The van der Waals surface area contributed by atoms with E-state index in [1.54, 1.807) is 6.20 Å². The first-order chi connectivity index (χ1) is 8.08. The average Bonchev–Trinajstić information content (AvgIpc) is 2.27. The van der Waals surface area contributed by atoms with Crippen LogP contribution in [0.25, 0.3) is 0 Å². The minimum atomic E-state index is -0.878. The fourth-order valence-corrected chi connectivity index (χ4v) is 1.57. The van der Waals surface area contributed by atoms with Crippen molar-refractivity contribution in [3.05, 3.63) is 30.1 Å². The molecule has 0 radical (unpaired) electrons. The normalized spacial score (nSPS) is 12.6. The highest BCUT2D eigenvalue weighted by atomic mass is 16.4. The molecular weight excluding hydrogens is 220 g/mol. The number of carboxylic acid groups (broad SMARTS) is 1. The lowest BCUT2D eigenvalue weighted by molar-refractivity contribution is -0.137. The highest BCUT2D eigenvalue weighted by Gasteiger charge is 2.10. The zero-order chi connectivity index (χ0) is 12.7. The number of likely N-dealkylation sites (N-methyl/N-ethyl adjacent to an activating group) is 1. The summed E-state index contributed by atoms with van der Waals surface area (Å²) in [7, 11) is 1.87. The SMILES string of the molecule is CN(Cc1ccccn1)CC(O)CCC(=O)O. The van der Waals surface area contributed by atoms with Crippen LogP contribution in [0.15, 0.2) is 24.4 Å². The van der Waals surface area contributed by atoms with E-state index in [1.165, 1.54) is 0 Å². The number of aliphatic hydroxyl groups is 1. The third-order valence-corrected chi connectivity index (χ3v) is 2.37. The average molecular weight is 238 g/mol. The molecule has 1 aromatic rings. The molecule has 0 saturated carbocycles. The fourth-order valence-electron chi connectivity index (χ4n) is 1.57. The number of aliphatic hydroxyl groups excluding tert-OH is 1. The summed E-state index contributed by atoms with van der Waals surface area (Å²) in [5, 5.41) is 18.1. The van der Waals surface area contributed by atoms with Crippen molar-refractivity contribution < 1.29 is 15.0 Å². The van der Waals surface area contributed by atoms with E-state index in [-0.39, 0.29) is 12.8 Å². The molecule has 0 aliphatic rings. The number of pyridine rings is 1. The Hall–Kier alpha value is -1.46. The van der Waals surface area contributed by atoms with Crippen molar-refractivity contribution in [3.8, 4) is 0 Å². The monoisotopic (exact) mass is 238 g/mol. The summed E-state index contributed by atoms with van der Waals surface area (Å²) < 4.78 is 0. The van der Waals surface area contributed by atoms with E-state index in [4.69, 9.17) is 5.11 Å². The van der Waals surface area contributed by atoms with Gasteiger partial charge in [0.05, 0.1) is 11.8 Å². The van der Waals surface area contributed by atoms with Crippen LogP contribution in [0.4, 0.5) is 0 Å². The highest BCUT2D eigenvalue weighted by molar-refractivity contribution is 5.66. The number of carboxylic acids is 1. The van der Waals surface area contributed by atoms with Crippen molar-refractivity contribution >= 4 is 5.97 Å². The van der Waals surface area contributed by atoms with Crippen LogP contribution in [0.1, 0.15) is 18.5 Å². The van der Waals surface area contributed by atoms with E-state index in [9.17, 15) is 9.90 Å². The molecule has 0 aliphatic carbocycles. The van der Waals surface area contributed by atoms with Crippen molar-refractivity contribution in [2.75, 3.05) is 13.6 Å². The summed E-state index contributed by atoms with van der Waals surface area (Å²) in [6.07, 6.45) is 1.39. The third-order valence-electron chi connectivity index (χ3n) is 2.37. The van der Waals surface area contributed by atoms with Crippen molar-refractivity contribution in [1.29, 1.82) is 0 Å². The summed E-state index contributed by atoms with van der Waals surface area (Å²) in [4.78, 5) is 16.5. The Morgan fingerprint density at radius 3 is 2.88 bits per heavy atom. The first-order valence-electron chi connectivity index (χ1n) is 5.56. The Morgan fingerprint density at radius 2 is 2.29 bits per heavy atom. The van der Waals surface area contributed by atoms with E-state index in [1.807, 2.05) is 30.1 Å². The van der Waals surface area contributed by atoms with Crippen LogP contribution in [-0.4, -0.2) is 45.8 Å². The standard InChI is InChI=1S/C12H18N2O3/c1-14(8-10-4-2-3-7-13-10)9-11(15)5-6-12(16)17/h2-4,7,11,15H,5-6,8-9H2,1H3,(H,16,17).